The van der Waals surface area contributed by atoms with E-state index < -0.39 is 6.68 Å². The average molecular weight is 418 g/mol. The summed E-state index contributed by atoms with van der Waals surface area (Å²) in [6, 6.07) is 16.2. The van der Waals surface area contributed by atoms with Gasteiger partial charge in [0.15, 0.2) is 5.13 Å². The monoisotopic (exact) mass is 417 g/mol. The maximum Gasteiger partial charge on any atom is 0.379 e. The fraction of sp³-hybridized carbons (Fsp3) is 0.118. The van der Waals surface area contributed by atoms with Crippen molar-refractivity contribution in [1.29, 1.82) is 0 Å². The summed E-state index contributed by atoms with van der Waals surface area (Å²) in [7, 11) is 0. The van der Waals surface area contributed by atoms with E-state index in [0.717, 1.165) is 22.3 Å². The summed E-state index contributed by atoms with van der Waals surface area (Å²) in [5.74, 6) is 0. The van der Waals surface area contributed by atoms with Crippen LogP contribution in [0.2, 0.25) is 5.02 Å². The van der Waals surface area contributed by atoms with Crippen molar-refractivity contribution in [2.75, 3.05) is 10.0 Å². The van der Waals surface area contributed by atoms with Crippen LogP contribution in [0.5, 0.6) is 0 Å². The molecule has 1 heterocycles. The molecule has 0 fully saturated rings. The molecule has 3 nitrogen and oxygen atoms in total. The molecule has 0 bridgehead atoms. The van der Waals surface area contributed by atoms with Crippen LogP contribution in [0.15, 0.2) is 65.0 Å². The van der Waals surface area contributed by atoms with Crippen molar-refractivity contribution in [3.8, 4) is 0 Å². The minimum atomic E-state index is -3.67. The number of thiazole rings is 1. The molecule has 138 valence electrons. The fourth-order valence-electron chi connectivity index (χ4n) is 1.87. The van der Waals surface area contributed by atoms with Crippen LogP contribution in [0, 0.1) is 0 Å². The van der Waals surface area contributed by atoms with Crippen LogP contribution in [0.25, 0.3) is 0 Å². The molecule has 3 rings (SSSR count). The standard InChI is InChI=1S/C16H14ClN3S2.CHF3/c17-14-10-13(22-20-16-18-8-9-21-16)6-7-15(14)19-11-12-4-2-1-3-5-12;2-1(3)4/h1-10,19H,11H2,(H,18,20);1H. The van der Waals surface area contributed by atoms with Gasteiger partial charge < -0.3 is 10.0 Å². The van der Waals surface area contributed by atoms with E-state index >= 15 is 0 Å². The lowest BCUT2D eigenvalue weighted by Crippen LogP contribution is -1.99. The number of rotatable bonds is 6. The summed E-state index contributed by atoms with van der Waals surface area (Å²) in [6.45, 7) is -2.91. The van der Waals surface area contributed by atoms with Gasteiger partial charge in [-0.3, -0.25) is 0 Å². The van der Waals surface area contributed by atoms with Gasteiger partial charge in [0, 0.05) is 23.0 Å². The predicted octanol–water partition coefficient (Wildman–Crippen LogP) is 6.71. The highest BCUT2D eigenvalue weighted by Crippen LogP contribution is 2.29. The first-order valence-electron chi connectivity index (χ1n) is 7.36. The zero-order valence-electron chi connectivity index (χ0n) is 13.3. The van der Waals surface area contributed by atoms with E-state index in [4.69, 9.17) is 11.6 Å². The van der Waals surface area contributed by atoms with E-state index in [-0.39, 0.29) is 0 Å². The minimum Gasteiger partial charge on any atom is -0.380 e. The van der Waals surface area contributed by atoms with Gasteiger partial charge in [0.1, 0.15) is 0 Å². The number of benzene rings is 2. The molecular formula is C17H15ClF3N3S2. The van der Waals surface area contributed by atoms with Crippen molar-refractivity contribution in [2.45, 2.75) is 18.1 Å². The first kappa shape index (κ1) is 20.4. The lowest BCUT2D eigenvalue weighted by atomic mass is 10.2. The van der Waals surface area contributed by atoms with E-state index in [1.165, 1.54) is 17.5 Å². The molecule has 0 atom stereocenters. The SMILES string of the molecule is Clc1cc(SNc2nccs2)ccc1NCc1ccccc1.FC(F)F. The van der Waals surface area contributed by atoms with Crippen LogP contribution in [0.3, 0.4) is 0 Å². The maximum absolute atomic E-state index is 9.67. The number of anilines is 2. The normalized spacial score (nSPS) is 10.2. The van der Waals surface area contributed by atoms with Gasteiger partial charge in [0.05, 0.1) is 10.7 Å². The van der Waals surface area contributed by atoms with E-state index in [2.05, 4.69) is 27.2 Å². The number of nitrogens with one attached hydrogen (secondary N) is 2. The lowest BCUT2D eigenvalue weighted by molar-refractivity contribution is 0.00819. The van der Waals surface area contributed by atoms with Crippen LogP contribution in [0.1, 0.15) is 5.56 Å². The van der Waals surface area contributed by atoms with Crippen molar-refractivity contribution in [3.05, 3.63) is 70.7 Å². The second kappa shape index (κ2) is 10.9. The van der Waals surface area contributed by atoms with Crippen molar-refractivity contribution in [2.24, 2.45) is 0 Å². The van der Waals surface area contributed by atoms with Gasteiger partial charge in [0.25, 0.3) is 0 Å². The molecule has 3 aromatic rings. The van der Waals surface area contributed by atoms with Gasteiger partial charge in [-0.25, -0.2) is 4.98 Å². The van der Waals surface area contributed by atoms with Crippen molar-refractivity contribution < 1.29 is 13.2 Å². The van der Waals surface area contributed by atoms with Crippen molar-refractivity contribution in [1.82, 2.24) is 4.98 Å². The van der Waals surface area contributed by atoms with E-state index in [1.54, 1.807) is 17.5 Å². The largest absolute Gasteiger partial charge is 0.380 e. The molecule has 0 spiro atoms. The molecule has 0 saturated heterocycles. The molecule has 0 aliphatic heterocycles. The second-order valence-electron chi connectivity index (χ2n) is 4.77. The van der Waals surface area contributed by atoms with Crippen LogP contribution in [-0.2, 0) is 6.54 Å². The van der Waals surface area contributed by atoms with Gasteiger partial charge in [0.2, 0.25) is 0 Å². The second-order valence-corrected chi connectivity index (χ2v) is 6.95. The molecule has 0 saturated carbocycles. The zero-order chi connectivity index (χ0) is 18.8. The van der Waals surface area contributed by atoms with Gasteiger partial charge in [-0.1, -0.05) is 41.9 Å². The number of halogens is 4. The van der Waals surface area contributed by atoms with Gasteiger partial charge in [-0.2, -0.15) is 13.2 Å². The smallest absolute Gasteiger partial charge is 0.379 e. The molecule has 0 unspecified atom stereocenters. The van der Waals surface area contributed by atoms with Crippen molar-refractivity contribution >= 4 is 45.7 Å². The number of aromatic nitrogens is 1. The molecule has 1 aromatic heterocycles. The quantitative estimate of drug-likeness (QED) is 0.437. The number of alkyl halides is 3. The summed E-state index contributed by atoms with van der Waals surface area (Å²) < 4.78 is 32.2. The summed E-state index contributed by atoms with van der Waals surface area (Å²) in [6.07, 6.45) is 1.77. The number of hydrogen-bond acceptors (Lipinski definition) is 5. The van der Waals surface area contributed by atoms with Crippen LogP contribution in [0.4, 0.5) is 24.0 Å². The highest BCUT2D eigenvalue weighted by atomic mass is 35.5. The number of hydrogen-bond donors (Lipinski definition) is 2. The Balaban J connectivity index is 0.000000552. The fourth-order valence-corrected chi connectivity index (χ4v) is 3.44. The Kier molecular flexibility index (Phi) is 8.60. The summed E-state index contributed by atoms with van der Waals surface area (Å²) >= 11 is 9.41. The highest BCUT2D eigenvalue weighted by Gasteiger charge is 2.03. The molecule has 9 heteroatoms. The third-order valence-corrected chi connectivity index (χ3v) is 4.87. The molecule has 2 N–H and O–H groups in total. The Morgan fingerprint density at radius 3 is 2.46 bits per heavy atom. The maximum atomic E-state index is 9.67. The first-order valence-corrected chi connectivity index (χ1v) is 9.44. The minimum absolute atomic E-state index is 0.710. The van der Waals surface area contributed by atoms with Crippen LogP contribution in [-0.4, -0.2) is 11.7 Å². The predicted molar refractivity (Wildman–Crippen MR) is 104 cm³/mol. The molecule has 0 amide bonds. The molecule has 2 aromatic carbocycles. The Hall–Kier alpha value is -1.90. The average Bonchev–Trinajstić information content (AvgIpc) is 3.13. The van der Waals surface area contributed by atoms with Gasteiger partial charge >= 0.3 is 6.68 Å². The summed E-state index contributed by atoms with van der Waals surface area (Å²) in [5, 5.41) is 6.88. The summed E-state index contributed by atoms with van der Waals surface area (Å²) in [4.78, 5) is 5.22. The van der Waals surface area contributed by atoms with Crippen molar-refractivity contribution in [3.63, 3.8) is 0 Å². The Bertz CT molecular complexity index is 771. The molecular weight excluding hydrogens is 403 g/mol. The van der Waals surface area contributed by atoms with Crippen LogP contribution >= 0.6 is 34.9 Å². The van der Waals surface area contributed by atoms with Gasteiger partial charge in [-0.05, 0) is 35.7 Å². The summed E-state index contributed by atoms with van der Waals surface area (Å²) in [5.41, 5.74) is 2.16. The topological polar surface area (TPSA) is 37.0 Å². The molecule has 0 aliphatic carbocycles. The molecule has 0 aliphatic rings. The molecule has 26 heavy (non-hydrogen) atoms. The van der Waals surface area contributed by atoms with E-state index in [1.807, 2.05) is 41.8 Å². The third-order valence-electron chi connectivity index (χ3n) is 2.95. The zero-order valence-corrected chi connectivity index (χ0v) is 15.7. The first-order chi connectivity index (χ1) is 12.5. The highest BCUT2D eigenvalue weighted by molar-refractivity contribution is 8.00. The molecule has 0 radical (unpaired) electrons. The Morgan fingerprint density at radius 2 is 1.85 bits per heavy atom. The number of nitrogens with zero attached hydrogens (tertiary/aromatic N) is 1. The third kappa shape index (κ3) is 7.55. The Morgan fingerprint density at radius 1 is 1.12 bits per heavy atom. The Labute approximate surface area is 162 Å². The van der Waals surface area contributed by atoms with E-state index in [0.29, 0.717) is 5.02 Å². The van der Waals surface area contributed by atoms with E-state index in [9.17, 15) is 13.2 Å². The van der Waals surface area contributed by atoms with Crippen LogP contribution < -0.4 is 10.0 Å². The lowest BCUT2D eigenvalue weighted by Gasteiger charge is -2.10. The van der Waals surface area contributed by atoms with Gasteiger partial charge in [-0.15, -0.1) is 11.3 Å².